The third kappa shape index (κ3) is 12.6. The molecule has 0 fully saturated rings. The van der Waals surface area contributed by atoms with Gasteiger partial charge in [-0.1, -0.05) is 36.8 Å². The number of rotatable bonds is 10. The third-order valence-corrected chi connectivity index (χ3v) is 3.27. The van der Waals surface area contributed by atoms with Crippen molar-refractivity contribution in [1.82, 2.24) is 5.32 Å². The van der Waals surface area contributed by atoms with Gasteiger partial charge in [-0.2, -0.15) is 0 Å². The van der Waals surface area contributed by atoms with Gasteiger partial charge in [0.2, 0.25) is 0 Å². The standard InChI is InChI=1S/C11H15NO2.C6H14N2O2/c1-9(12-8-11(13)14)7-10-5-3-2-4-6-10;7-4-2-1-3-5(8)6(9)10/h2-6,9,12H,7-8H2,1H3,(H,13,14);5H,1-4,7-8H2,(H,9,10)/t;5-/m.0/s1. The largest absolute Gasteiger partial charge is 0.480 e. The summed E-state index contributed by atoms with van der Waals surface area (Å²) in [7, 11) is 0. The Bertz CT molecular complexity index is 468. The van der Waals surface area contributed by atoms with Crippen molar-refractivity contribution in [3.8, 4) is 0 Å². The summed E-state index contributed by atoms with van der Waals surface area (Å²) in [5, 5.41) is 19.7. The zero-order valence-electron chi connectivity index (χ0n) is 14.1. The molecule has 1 rings (SSSR count). The van der Waals surface area contributed by atoms with E-state index in [1.807, 2.05) is 37.3 Å². The normalized spacial score (nSPS) is 12.6. The number of aliphatic carboxylic acids is 2. The van der Waals surface area contributed by atoms with Gasteiger partial charge in [0.15, 0.2) is 0 Å². The molecular weight excluding hydrogens is 310 g/mol. The highest BCUT2D eigenvalue weighted by Crippen LogP contribution is 2.02. The summed E-state index contributed by atoms with van der Waals surface area (Å²) >= 11 is 0. The van der Waals surface area contributed by atoms with Gasteiger partial charge in [-0.15, -0.1) is 0 Å². The van der Waals surface area contributed by atoms with Crippen LogP contribution in [0.3, 0.4) is 0 Å². The number of carboxylic acids is 2. The van der Waals surface area contributed by atoms with E-state index in [1.54, 1.807) is 0 Å². The molecule has 7 heteroatoms. The molecular formula is C17H29N3O4. The van der Waals surface area contributed by atoms with Gasteiger partial charge in [0, 0.05) is 6.04 Å². The second-order valence-corrected chi connectivity index (χ2v) is 5.59. The zero-order chi connectivity index (χ0) is 18.4. The molecule has 24 heavy (non-hydrogen) atoms. The molecule has 0 aliphatic carbocycles. The molecule has 0 aliphatic rings. The fourth-order valence-corrected chi connectivity index (χ4v) is 1.93. The molecule has 0 aliphatic heterocycles. The van der Waals surface area contributed by atoms with Crippen molar-refractivity contribution in [1.29, 1.82) is 0 Å². The highest BCUT2D eigenvalue weighted by atomic mass is 16.4. The van der Waals surface area contributed by atoms with E-state index < -0.39 is 18.0 Å². The Morgan fingerprint density at radius 1 is 1.17 bits per heavy atom. The molecule has 2 atom stereocenters. The number of hydrogen-bond acceptors (Lipinski definition) is 5. The van der Waals surface area contributed by atoms with Gasteiger partial charge in [-0.05, 0) is 38.3 Å². The van der Waals surface area contributed by atoms with Crippen LogP contribution in [0.4, 0.5) is 0 Å². The van der Waals surface area contributed by atoms with Crippen LogP contribution in [0.5, 0.6) is 0 Å². The van der Waals surface area contributed by atoms with Gasteiger partial charge in [-0.25, -0.2) is 0 Å². The topological polar surface area (TPSA) is 139 Å². The number of unbranched alkanes of at least 4 members (excludes halogenated alkanes) is 1. The average molecular weight is 339 g/mol. The fourth-order valence-electron chi connectivity index (χ4n) is 1.93. The Labute approximate surface area is 143 Å². The van der Waals surface area contributed by atoms with Crippen molar-refractivity contribution in [3.63, 3.8) is 0 Å². The lowest BCUT2D eigenvalue weighted by atomic mass is 10.1. The monoisotopic (exact) mass is 339 g/mol. The Balaban J connectivity index is 0.000000470. The molecule has 0 bridgehead atoms. The van der Waals surface area contributed by atoms with Gasteiger partial charge < -0.3 is 27.0 Å². The molecule has 136 valence electrons. The van der Waals surface area contributed by atoms with E-state index >= 15 is 0 Å². The SMILES string of the molecule is CC(Cc1ccccc1)NCC(=O)O.NCCCC[C@H](N)C(=O)O. The van der Waals surface area contributed by atoms with Crippen LogP contribution in [-0.4, -0.2) is 47.3 Å². The van der Waals surface area contributed by atoms with Gasteiger partial charge in [0.25, 0.3) is 0 Å². The minimum atomic E-state index is -0.933. The molecule has 0 saturated heterocycles. The molecule has 1 aromatic rings. The summed E-state index contributed by atoms with van der Waals surface area (Å²) in [5.74, 6) is -1.75. The molecule has 0 radical (unpaired) electrons. The predicted molar refractivity (Wildman–Crippen MR) is 93.8 cm³/mol. The van der Waals surface area contributed by atoms with E-state index in [1.165, 1.54) is 5.56 Å². The molecule has 1 unspecified atom stereocenters. The number of carboxylic acid groups (broad SMARTS) is 2. The molecule has 0 saturated carbocycles. The van der Waals surface area contributed by atoms with E-state index in [0.717, 1.165) is 19.3 Å². The second-order valence-electron chi connectivity index (χ2n) is 5.59. The first-order chi connectivity index (χ1) is 11.4. The molecule has 0 heterocycles. The lowest BCUT2D eigenvalue weighted by Crippen LogP contribution is -2.32. The first-order valence-electron chi connectivity index (χ1n) is 8.04. The zero-order valence-corrected chi connectivity index (χ0v) is 14.1. The van der Waals surface area contributed by atoms with Crippen LogP contribution in [0.15, 0.2) is 30.3 Å². The van der Waals surface area contributed by atoms with Crippen LogP contribution >= 0.6 is 0 Å². The Kier molecular flexibility index (Phi) is 12.4. The van der Waals surface area contributed by atoms with Crippen molar-refractivity contribution in [3.05, 3.63) is 35.9 Å². The maximum absolute atomic E-state index is 10.3. The van der Waals surface area contributed by atoms with Crippen molar-refractivity contribution in [2.45, 2.75) is 44.7 Å². The first-order valence-corrected chi connectivity index (χ1v) is 8.04. The molecule has 7 nitrogen and oxygen atoms in total. The number of nitrogens with one attached hydrogen (secondary N) is 1. The molecule has 0 aromatic heterocycles. The van der Waals surface area contributed by atoms with Gasteiger partial charge in [0.1, 0.15) is 6.04 Å². The first kappa shape index (κ1) is 22.0. The molecule has 0 amide bonds. The van der Waals surface area contributed by atoms with Crippen molar-refractivity contribution in [2.24, 2.45) is 11.5 Å². The smallest absolute Gasteiger partial charge is 0.320 e. The van der Waals surface area contributed by atoms with Crippen LogP contribution in [0.25, 0.3) is 0 Å². The van der Waals surface area contributed by atoms with Crippen molar-refractivity contribution >= 4 is 11.9 Å². The second kappa shape index (κ2) is 13.5. The van der Waals surface area contributed by atoms with Gasteiger partial charge in [-0.3, -0.25) is 9.59 Å². The van der Waals surface area contributed by atoms with Crippen LogP contribution in [-0.2, 0) is 16.0 Å². The Morgan fingerprint density at radius 3 is 2.29 bits per heavy atom. The van der Waals surface area contributed by atoms with Crippen LogP contribution < -0.4 is 16.8 Å². The molecule has 0 spiro atoms. The van der Waals surface area contributed by atoms with Crippen LogP contribution in [0, 0.1) is 0 Å². The van der Waals surface area contributed by atoms with E-state index in [2.05, 4.69) is 5.32 Å². The Morgan fingerprint density at radius 2 is 1.79 bits per heavy atom. The lowest BCUT2D eigenvalue weighted by Gasteiger charge is -2.11. The number of carbonyl (C=O) groups is 2. The van der Waals surface area contributed by atoms with Crippen molar-refractivity contribution in [2.75, 3.05) is 13.1 Å². The average Bonchev–Trinajstić information content (AvgIpc) is 2.54. The summed E-state index contributed by atoms with van der Waals surface area (Å²) in [6, 6.07) is 9.50. The van der Waals surface area contributed by atoms with E-state index in [-0.39, 0.29) is 12.6 Å². The summed E-state index contributed by atoms with van der Waals surface area (Å²) < 4.78 is 0. The number of nitrogens with two attached hydrogens (primary N) is 2. The predicted octanol–water partition coefficient (Wildman–Crippen LogP) is 0.819. The van der Waals surface area contributed by atoms with Crippen molar-refractivity contribution < 1.29 is 19.8 Å². The molecule has 7 N–H and O–H groups in total. The number of benzene rings is 1. The van der Waals surface area contributed by atoms with E-state index in [0.29, 0.717) is 13.0 Å². The lowest BCUT2D eigenvalue weighted by molar-refractivity contribution is -0.139. The summed E-state index contributed by atoms with van der Waals surface area (Å²) in [6.07, 6.45) is 3.02. The number of hydrogen-bond donors (Lipinski definition) is 5. The third-order valence-electron chi connectivity index (χ3n) is 3.27. The maximum Gasteiger partial charge on any atom is 0.320 e. The summed E-state index contributed by atoms with van der Waals surface area (Å²) in [4.78, 5) is 20.4. The summed E-state index contributed by atoms with van der Waals surface area (Å²) in [6.45, 7) is 2.61. The minimum absolute atomic E-state index is 0.0218. The summed E-state index contributed by atoms with van der Waals surface area (Å²) in [5.41, 5.74) is 11.6. The van der Waals surface area contributed by atoms with Crippen LogP contribution in [0.1, 0.15) is 31.7 Å². The molecule has 1 aromatic carbocycles. The van der Waals surface area contributed by atoms with E-state index in [9.17, 15) is 9.59 Å². The van der Waals surface area contributed by atoms with Crippen LogP contribution in [0.2, 0.25) is 0 Å². The quantitative estimate of drug-likeness (QED) is 0.398. The van der Waals surface area contributed by atoms with E-state index in [4.69, 9.17) is 21.7 Å². The Hall–Kier alpha value is -1.96. The van der Waals surface area contributed by atoms with Gasteiger partial charge in [0.05, 0.1) is 6.54 Å². The van der Waals surface area contributed by atoms with Gasteiger partial charge >= 0.3 is 11.9 Å². The minimum Gasteiger partial charge on any atom is -0.480 e. The fraction of sp³-hybridized carbons (Fsp3) is 0.529. The highest BCUT2D eigenvalue weighted by molar-refractivity contribution is 5.72. The highest BCUT2D eigenvalue weighted by Gasteiger charge is 2.09. The maximum atomic E-state index is 10.3.